The van der Waals surface area contributed by atoms with E-state index in [0.717, 1.165) is 5.56 Å². The Hall–Kier alpha value is -2.40. The predicted molar refractivity (Wildman–Crippen MR) is 79.9 cm³/mol. The van der Waals surface area contributed by atoms with Crippen LogP contribution in [0, 0.1) is 5.82 Å². The SMILES string of the molecule is COc1ccc(C(=O)Nc2cccc(C(C)N)c2)c(F)c1. The molecule has 5 heteroatoms. The maximum absolute atomic E-state index is 13.8. The number of benzene rings is 2. The van der Waals surface area contributed by atoms with Gasteiger partial charge in [0, 0.05) is 17.8 Å². The molecule has 2 aromatic rings. The van der Waals surface area contributed by atoms with Gasteiger partial charge in [0.25, 0.3) is 5.91 Å². The van der Waals surface area contributed by atoms with Crippen LogP contribution in [-0.2, 0) is 0 Å². The second kappa shape index (κ2) is 6.37. The number of anilines is 1. The molecule has 3 N–H and O–H groups in total. The molecule has 0 spiro atoms. The van der Waals surface area contributed by atoms with E-state index in [2.05, 4.69) is 5.32 Å². The lowest BCUT2D eigenvalue weighted by Crippen LogP contribution is -2.14. The maximum Gasteiger partial charge on any atom is 0.258 e. The fraction of sp³-hybridized carbons (Fsp3) is 0.188. The van der Waals surface area contributed by atoms with Crippen LogP contribution in [0.2, 0.25) is 0 Å². The van der Waals surface area contributed by atoms with Crippen LogP contribution in [0.1, 0.15) is 28.9 Å². The van der Waals surface area contributed by atoms with Gasteiger partial charge in [-0.05, 0) is 36.8 Å². The molecule has 0 saturated heterocycles. The molecule has 21 heavy (non-hydrogen) atoms. The van der Waals surface area contributed by atoms with Crippen molar-refractivity contribution in [3.8, 4) is 5.75 Å². The third-order valence-corrected chi connectivity index (χ3v) is 3.09. The van der Waals surface area contributed by atoms with Crippen LogP contribution >= 0.6 is 0 Å². The maximum atomic E-state index is 13.8. The Morgan fingerprint density at radius 3 is 2.67 bits per heavy atom. The number of methoxy groups -OCH3 is 1. The Morgan fingerprint density at radius 2 is 2.05 bits per heavy atom. The number of carbonyl (C=O) groups is 1. The fourth-order valence-electron chi connectivity index (χ4n) is 1.91. The highest BCUT2D eigenvalue weighted by molar-refractivity contribution is 6.04. The average molecular weight is 288 g/mol. The number of nitrogens with two attached hydrogens (primary N) is 1. The summed E-state index contributed by atoms with van der Waals surface area (Å²) in [6.45, 7) is 1.85. The van der Waals surface area contributed by atoms with Crippen molar-refractivity contribution >= 4 is 11.6 Å². The van der Waals surface area contributed by atoms with Gasteiger partial charge < -0.3 is 15.8 Å². The number of hydrogen-bond acceptors (Lipinski definition) is 3. The van der Waals surface area contributed by atoms with Crippen molar-refractivity contribution in [2.24, 2.45) is 5.73 Å². The number of hydrogen-bond donors (Lipinski definition) is 2. The molecular weight excluding hydrogens is 271 g/mol. The largest absolute Gasteiger partial charge is 0.497 e. The Kier molecular flexibility index (Phi) is 4.55. The predicted octanol–water partition coefficient (Wildman–Crippen LogP) is 3.11. The van der Waals surface area contributed by atoms with Gasteiger partial charge in [-0.25, -0.2) is 4.39 Å². The monoisotopic (exact) mass is 288 g/mol. The van der Waals surface area contributed by atoms with Crippen LogP contribution in [-0.4, -0.2) is 13.0 Å². The minimum absolute atomic E-state index is 0.0398. The van der Waals surface area contributed by atoms with Crippen LogP contribution in [0.25, 0.3) is 0 Å². The first-order chi connectivity index (χ1) is 10.0. The van der Waals surface area contributed by atoms with Gasteiger partial charge in [-0.1, -0.05) is 12.1 Å². The molecule has 0 aliphatic carbocycles. The normalized spacial score (nSPS) is 11.8. The van der Waals surface area contributed by atoms with Crippen LogP contribution in [0.15, 0.2) is 42.5 Å². The minimum Gasteiger partial charge on any atom is -0.497 e. The van der Waals surface area contributed by atoms with Crippen molar-refractivity contribution in [3.63, 3.8) is 0 Å². The summed E-state index contributed by atoms with van der Waals surface area (Å²) in [6, 6.07) is 11.1. The third-order valence-electron chi connectivity index (χ3n) is 3.09. The van der Waals surface area contributed by atoms with E-state index in [-0.39, 0.29) is 11.6 Å². The van der Waals surface area contributed by atoms with Crippen LogP contribution in [0.3, 0.4) is 0 Å². The number of nitrogens with one attached hydrogen (secondary N) is 1. The smallest absolute Gasteiger partial charge is 0.258 e. The standard InChI is InChI=1S/C16H17FN2O2/c1-10(18)11-4-3-5-12(8-11)19-16(20)14-7-6-13(21-2)9-15(14)17/h3-10H,18H2,1-2H3,(H,19,20). The summed E-state index contributed by atoms with van der Waals surface area (Å²) in [7, 11) is 1.44. The van der Waals surface area contributed by atoms with E-state index < -0.39 is 11.7 Å². The molecule has 0 aliphatic heterocycles. The highest BCUT2D eigenvalue weighted by Gasteiger charge is 2.13. The molecule has 0 fully saturated rings. The molecule has 1 unspecified atom stereocenters. The molecule has 2 rings (SSSR count). The molecule has 0 heterocycles. The average Bonchev–Trinajstić information content (AvgIpc) is 2.47. The summed E-state index contributed by atoms with van der Waals surface area (Å²) in [5, 5.41) is 2.66. The summed E-state index contributed by atoms with van der Waals surface area (Å²) in [6.07, 6.45) is 0. The van der Waals surface area contributed by atoms with Crippen molar-refractivity contribution in [1.82, 2.24) is 0 Å². The molecule has 0 aromatic heterocycles. The number of halogens is 1. The Bertz CT molecular complexity index is 656. The van der Waals surface area contributed by atoms with Crippen LogP contribution in [0.5, 0.6) is 5.75 Å². The Morgan fingerprint density at radius 1 is 1.29 bits per heavy atom. The number of ether oxygens (including phenoxy) is 1. The molecule has 1 atom stereocenters. The first-order valence-electron chi connectivity index (χ1n) is 6.51. The third kappa shape index (κ3) is 3.58. The second-order valence-corrected chi connectivity index (χ2v) is 4.71. The van der Waals surface area contributed by atoms with Crippen molar-refractivity contribution in [2.75, 3.05) is 12.4 Å². The molecular formula is C16H17FN2O2. The zero-order valence-electron chi connectivity index (χ0n) is 11.9. The van der Waals surface area contributed by atoms with E-state index >= 15 is 0 Å². The van der Waals surface area contributed by atoms with Gasteiger partial charge in [-0.3, -0.25) is 4.79 Å². The quantitative estimate of drug-likeness (QED) is 0.908. The summed E-state index contributed by atoms with van der Waals surface area (Å²) in [5.74, 6) is -0.782. The zero-order chi connectivity index (χ0) is 15.4. The fourth-order valence-corrected chi connectivity index (χ4v) is 1.91. The number of rotatable bonds is 4. The summed E-state index contributed by atoms with van der Waals surface area (Å²) < 4.78 is 18.7. The molecule has 110 valence electrons. The van der Waals surface area contributed by atoms with E-state index in [4.69, 9.17) is 10.5 Å². The Labute approximate surface area is 122 Å². The van der Waals surface area contributed by atoms with Crippen molar-refractivity contribution in [2.45, 2.75) is 13.0 Å². The number of amides is 1. The van der Waals surface area contributed by atoms with E-state index in [1.807, 2.05) is 13.0 Å². The van der Waals surface area contributed by atoms with E-state index in [0.29, 0.717) is 11.4 Å². The highest BCUT2D eigenvalue weighted by atomic mass is 19.1. The van der Waals surface area contributed by atoms with Gasteiger partial charge in [0.15, 0.2) is 0 Å². The first-order valence-corrected chi connectivity index (χ1v) is 6.51. The van der Waals surface area contributed by atoms with Gasteiger partial charge in [0.2, 0.25) is 0 Å². The molecule has 2 aromatic carbocycles. The summed E-state index contributed by atoms with van der Waals surface area (Å²) >= 11 is 0. The van der Waals surface area contributed by atoms with Gasteiger partial charge in [-0.15, -0.1) is 0 Å². The Balaban J connectivity index is 2.20. The van der Waals surface area contributed by atoms with E-state index in [9.17, 15) is 9.18 Å². The van der Waals surface area contributed by atoms with Crippen LogP contribution in [0.4, 0.5) is 10.1 Å². The van der Waals surface area contributed by atoms with Crippen LogP contribution < -0.4 is 15.8 Å². The van der Waals surface area contributed by atoms with E-state index in [1.54, 1.807) is 18.2 Å². The zero-order valence-corrected chi connectivity index (χ0v) is 11.9. The number of carbonyl (C=O) groups excluding carboxylic acids is 1. The molecule has 0 radical (unpaired) electrons. The molecule has 1 amide bonds. The van der Waals surface area contributed by atoms with Crippen molar-refractivity contribution in [1.29, 1.82) is 0 Å². The molecule has 4 nitrogen and oxygen atoms in total. The lowest BCUT2D eigenvalue weighted by Gasteiger charge is -2.10. The minimum atomic E-state index is -0.629. The lowest BCUT2D eigenvalue weighted by atomic mass is 10.1. The van der Waals surface area contributed by atoms with Gasteiger partial charge in [0.05, 0.1) is 12.7 Å². The summed E-state index contributed by atoms with van der Waals surface area (Å²) in [5.41, 5.74) is 7.22. The molecule has 0 aliphatic rings. The molecule has 0 bridgehead atoms. The first kappa shape index (κ1) is 15.0. The van der Waals surface area contributed by atoms with Crippen molar-refractivity contribution < 1.29 is 13.9 Å². The van der Waals surface area contributed by atoms with Crippen molar-refractivity contribution in [3.05, 3.63) is 59.4 Å². The highest BCUT2D eigenvalue weighted by Crippen LogP contribution is 2.19. The summed E-state index contributed by atoms with van der Waals surface area (Å²) in [4.78, 5) is 12.1. The van der Waals surface area contributed by atoms with Gasteiger partial charge >= 0.3 is 0 Å². The molecule has 0 saturated carbocycles. The topological polar surface area (TPSA) is 64.3 Å². The second-order valence-electron chi connectivity index (χ2n) is 4.71. The van der Waals surface area contributed by atoms with Gasteiger partial charge in [0.1, 0.15) is 11.6 Å². The van der Waals surface area contributed by atoms with E-state index in [1.165, 1.54) is 25.3 Å². The lowest BCUT2D eigenvalue weighted by molar-refractivity contribution is 0.102. The van der Waals surface area contributed by atoms with Gasteiger partial charge in [-0.2, -0.15) is 0 Å².